The Morgan fingerprint density at radius 1 is 1.04 bits per heavy atom. The minimum absolute atomic E-state index is 0.0184. The summed E-state index contributed by atoms with van der Waals surface area (Å²) in [6, 6.07) is 7.56. The molecule has 0 N–H and O–H groups in total. The molecule has 136 valence electrons. The number of benzene rings is 1. The Morgan fingerprint density at radius 3 is 2.15 bits per heavy atom. The third-order valence-corrected chi connectivity index (χ3v) is 5.23. The van der Waals surface area contributed by atoms with Crippen LogP contribution in [0, 0.1) is 0 Å². The maximum atomic E-state index is 12.9. The minimum Gasteiger partial charge on any atom is -0.288 e. The molecule has 1 aromatic carbocycles. The summed E-state index contributed by atoms with van der Waals surface area (Å²) in [5.41, 5.74) is 3.30. The number of carbonyl (C=O) groups excluding carboxylic acids is 2. The predicted octanol–water partition coefficient (Wildman–Crippen LogP) is 5.43. The van der Waals surface area contributed by atoms with Crippen LogP contribution in [0.5, 0.6) is 0 Å². The Balaban J connectivity index is 2.35. The van der Waals surface area contributed by atoms with E-state index in [1.54, 1.807) is 6.07 Å². The summed E-state index contributed by atoms with van der Waals surface area (Å²) in [7, 11) is 0. The summed E-state index contributed by atoms with van der Waals surface area (Å²) >= 11 is 12.2. The third kappa shape index (κ3) is 3.12. The van der Waals surface area contributed by atoms with Crippen molar-refractivity contribution in [2.75, 3.05) is 4.90 Å². The quantitative estimate of drug-likeness (QED) is 0.518. The fourth-order valence-corrected chi connectivity index (χ4v) is 3.57. The van der Waals surface area contributed by atoms with Crippen LogP contribution in [-0.4, -0.2) is 16.7 Å². The maximum absolute atomic E-state index is 12.9. The number of nitrogens with zero attached hydrogens (tertiary/aromatic N) is 2. The van der Waals surface area contributed by atoms with Gasteiger partial charge in [-0.15, -0.1) is 0 Å². The molecule has 0 radical (unpaired) electrons. The van der Waals surface area contributed by atoms with E-state index >= 15 is 0 Å². The minimum atomic E-state index is -0.585. The number of fused-ring (bicyclic) bond motifs is 1. The Hall–Kier alpha value is -1.91. The normalized spacial score (nSPS) is 14.4. The van der Waals surface area contributed by atoms with Gasteiger partial charge >= 0.3 is 0 Å². The van der Waals surface area contributed by atoms with E-state index in [0.29, 0.717) is 11.4 Å². The smallest absolute Gasteiger partial charge is 0.288 e. The van der Waals surface area contributed by atoms with Crippen molar-refractivity contribution in [1.29, 1.82) is 0 Å². The number of pyridine rings is 1. The van der Waals surface area contributed by atoms with Gasteiger partial charge in [0.25, 0.3) is 5.91 Å². The Kier molecular flexibility index (Phi) is 5.09. The first kappa shape index (κ1) is 18.9. The van der Waals surface area contributed by atoms with E-state index in [1.807, 2.05) is 18.2 Å². The van der Waals surface area contributed by atoms with Gasteiger partial charge in [-0.2, -0.15) is 0 Å². The molecule has 6 heteroatoms. The van der Waals surface area contributed by atoms with Crippen LogP contribution in [0.4, 0.5) is 11.5 Å². The van der Waals surface area contributed by atoms with Crippen molar-refractivity contribution >= 4 is 46.4 Å². The van der Waals surface area contributed by atoms with E-state index in [-0.39, 0.29) is 28.4 Å². The zero-order valence-electron chi connectivity index (χ0n) is 15.1. The topological polar surface area (TPSA) is 50.3 Å². The monoisotopic (exact) mass is 390 g/mol. The number of aromatic nitrogens is 1. The summed E-state index contributed by atoms with van der Waals surface area (Å²) in [6.07, 6.45) is -0.0184. The summed E-state index contributed by atoms with van der Waals surface area (Å²) in [5, 5.41) is 0.388. The SMILES string of the molecule is CC(C)c1cccc(C(C)C)c1N1C(=O)C(=O)Cc2cc(Cl)c(Cl)nc21. The van der Waals surface area contributed by atoms with E-state index in [4.69, 9.17) is 23.2 Å². The van der Waals surface area contributed by atoms with Crippen molar-refractivity contribution in [1.82, 2.24) is 4.98 Å². The van der Waals surface area contributed by atoms with Crippen LogP contribution in [-0.2, 0) is 16.0 Å². The maximum Gasteiger partial charge on any atom is 0.300 e. The van der Waals surface area contributed by atoms with Crippen LogP contribution in [0.15, 0.2) is 24.3 Å². The van der Waals surface area contributed by atoms with Crippen molar-refractivity contribution in [3.63, 3.8) is 0 Å². The number of halogens is 2. The molecule has 0 saturated carbocycles. The predicted molar refractivity (Wildman–Crippen MR) is 105 cm³/mol. The van der Waals surface area contributed by atoms with Gasteiger partial charge in [0.05, 0.1) is 10.7 Å². The first-order chi connectivity index (χ1) is 12.2. The van der Waals surface area contributed by atoms with Crippen molar-refractivity contribution in [3.05, 3.63) is 51.1 Å². The highest BCUT2D eigenvalue weighted by Crippen LogP contribution is 2.42. The summed E-state index contributed by atoms with van der Waals surface area (Å²) in [4.78, 5) is 31.1. The van der Waals surface area contributed by atoms with Gasteiger partial charge in [0, 0.05) is 12.0 Å². The molecular formula is C20H20Cl2N2O2. The molecule has 1 amide bonds. The molecule has 2 aromatic rings. The molecule has 0 unspecified atom stereocenters. The molecule has 3 rings (SSSR count). The van der Waals surface area contributed by atoms with E-state index in [1.165, 1.54) is 4.90 Å². The average molecular weight is 391 g/mol. The molecule has 4 nitrogen and oxygen atoms in total. The second kappa shape index (κ2) is 7.01. The van der Waals surface area contributed by atoms with Crippen molar-refractivity contribution in [2.45, 2.75) is 46.0 Å². The largest absolute Gasteiger partial charge is 0.300 e. The zero-order valence-corrected chi connectivity index (χ0v) is 16.6. The molecule has 0 fully saturated rings. The summed E-state index contributed by atoms with van der Waals surface area (Å²) in [5.74, 6) is -0.345. The number of hydrogen-bond acceptors (Lipinski definition) is 3. The van der Waals surface area contributed by atoms with Gasteiger partial charge in [0.15, 0.2) is 0 Å². The Morgan fingerprint density at radius 2 is 1.62 bits per heavy atom. The van der Waals surface area contributed by atoms with Gasteiger partial charge < -0.3 is 0 Å². The zero-order chi connectivity index (χ0) is 19.2. The van der Waals surface area contributed by atoms with E-state index < -0.39 is 11.7 Å². The van der Waals surface area contributed by atoms with Gasteiger partial charge in [-0.25, -0.2) is 4.98 Å². The van der Waals surface area contributed by atoms with E-state index in [2.05, 4.69) is 32.7 Å². The summed E-state index contributed by atoms with van der Waals surface area (Å²) in [6.45, 7) is 8.23. The van der Waals surface area contributed by atoms with E-state index in [0.717, 1.165) is 16.8 Å². The van der Waals surface area contributed by atoms with Crippen molar-refractivity contribution < 1.29 is 9.59 Å². The van der Waals surface area contributed by atoms with E-state index in [9.17, 15) is 9.59 Å². The van der Waals surface area contributed by atoms with Crippen molar-refractivity contribution in [2.24, 2.45) is 0 Å². The number of ketones is 1. The Labute approximate surface area is 163 Å². The molecular weight excluding hydrogens is 371 g/mol. The van der Waals surface area contributed by atoms with Crippen molar-refractivity contribution in [3.8, 4) is 0 Å². The number of rotatable bonds is 3. The van der Waals surface area contributed by atoms with Gasteiger partial charge in [-0.1, -0.05) is 69.1 Å². The standard InChI is InChI=1S/C20H20Cl2N2O2/c1-10(2)13-6-5-7-14(11(3)4)17(13)24-19-12(9-16(25)20(24)26)8-15(21)18(22)23-19/h5-8,10-11H,9H2,1-4H3. The van der Waals surface area contributed by atoms with Gasteiger partial charge in [0.2, 0.25) is 5.78 Å². The van der Waals surface area contributed by atoms with Crippen LogP contribution in [0.25, 0.3) is 0 Å². The first-order valence-electron chi connectivity index (χ1n) is 8.57. The lowest BCUT2D eigenvalue weighted by atomic mass is 9.90. The van der Waals surface area contributed by atoms with Gasteiger partial charge in [-0.3, -0.25) is 14.5 Å². The first-order valence-corrected chi connectivity index (χ1v) is 9.33. The highest BCUT2D eigenvalue weighted by molar-refractivity contribution is 6.46. The molecule has 0 bridgehead atoms. The molecule has 0 aliphatic carbocycles. The number of carbonyl (C=O) groups is 2. The molecule has 0 saturated heterocycles. The van der Waals surface area contributed by atoms with Crippen LogP contribution >= 0.6 is 23.2 Å². The summed E-state index contributed by atoms with van der Waals surface area (Å²) < 4.78 is 0. The number of Topliss-reactive ketones (excluding diaryl/α,β-unsaturated/α-hetero) is 1. The third-order valence-electron chi connectivity index (χ3n) is 4.56. The van der Waals surface area contributed by atoms with Crippen LogP contribution in [0.2, 0.25) is 10.2 Å². The van der Waals surface area contributed by atoms with Crippen LogP contribution in [0.3, 0.4) is 0 Å². The second-order valence-electron chi connectivity index (χ2n) is 7.08. The Bertz CT molecular complexity index is 881. The molecule has 0 spiro atoms. The highest BCUT2D eigenvalue weighted by atomic mass is 35.5. The fraction of sp³-hybridized carbons (Fsp3) is 0.350. The molecule has 0 atom stereocenters. The lowest BCUT2D eigenvalue weighted by molar-refractivity contribution is -0.135. The molecule has 1 aromatic heterocycles. The average Bonchev–Trinajstić information content (AvgIpc) is 2.57. The second-order valence-corrected chi connectivity index (χ2v) is 7.84. The van der Waals surface area contributed by atoms with Crippen LogP contribution in [0.1, 0.15) is 56.2 Å². The highest BCUT2D eigenvalue weighted by Gasteiger charge is 2.37. The molecule has 2 heterocycles. The number of hydrogen-bond donors (Lipinski definition) is 0. The molecule has 1 aliphatic rings. The number of amides is 1. The number of anilines is 2. The lowest BCUT2D eigenvalue weighted by Crippen LogP contribution is -2.40. The van der Waals surface area contributed by atoms with Crippen LogP contribution < -0.4 is 4.90 Å². The van der Waals surface area contributed by atoms with Gasteiger partial charge in [-0.05, 0) is 29.0 Å². The fourth-order valence-electron chi connectivity index (χ4n) is 3.27. The number of para-hydroxylation sites is 1. The lowest BCUT2D eigenvalue weighted by Gasteiger charge is -2.32. The van der Waals surface area contributed by atoms with Gasteiger partial charge in [0.1, 0.15) is 11.0 Å². The molecule has 1 aliphatic heterocycles. The molecule has 26 heavy (non-hydrogen) atoms.